The van der Waals surface area contributed by atoms with Crippen molar-refractivity contribution in [1.82, 2.24) is 21.7 Å². The van der Waals surface area contributed by atoms with E-state index in [1.54, 1.807) is 0 Å². The molecule has 0 aliphatic carbocycles. The van der Waals surface area contributed by atoms with Crippen LogP contribution in [-0.4, -0.2) is 36.3 Å². The highest BCUT2D eigenvalue weighted by atomic mass is 16.1. The van der Waals surface area contributed by atoms with Crippen LogP contribution in [-0.2, 0) is 9.59 Å². The number of hydrazone groups is 2. The summed E-state index contributed by atoms with van der Waals surface area (Å²) < 4.78 is 0. The Kier molecular flexibility index (Phi) is 2.21. The van der Waals surface area contributed by atoms with Gasteiger partial charge in [0.05, 0.1) is 12.4 Å². The highest BCUT2D eigenvalue weighted by molar-refractivity contribution is 6.31. The predicted octanol–water partition coefficient (Wildman–Crippen LogP) is -2.95. The van der Waals surface area contributed by atoms with Gasteiger partial charge in [-0.05, 0) is 0 Å². The van der Waals surface area contributed by atoms with Crippen LogP contribution in [0.5, 0.6) is 0 Å². The van der Waals surface area contributed by atoms with E-state index in [4.69, 9.17) is 0 Å². The number of Topliss-reactive ketones (excluding diaryl/α,β-unsaturated/α-hetero) is 2. The lowest BCUT2D eigenvalue weighted by molar-refractivity contribution is -0.117. The van der Waals surface area contributed by atoms with Crippen molar-refractivity contribution in [1.29, 1.82) is 0 Å². The molecule has 0 bridgehead atoms. The lowest BCUT2D eigenvalue weighted by Gasteiger charge is -2.15. The topological polar surface area (TPSA) is 107 Å². The van der Waals surface area contributed by atoms with Gasteiger partial charge in [-0.3, -0.25) is 20.4 Å². The molecule has 0 aromatic carbocycles. The first kappa shape index (κ1) is 8.78. The summed E-state index contributed by atoms with van der Waals surface area (Å²) in [6.45, 7) is 0. The van der Waals surface area contributed by atoms with Gasteiger partial charge in [-0.15, -0.1) is 0 Å². The molecular formula is C6H8N6O2. The van der Waals surface area contributed by atoms with Gasteiger partial charge in [0.25, 0.3) is 0 Å². The fraction of sp³-hybridized carbons (Fsp3) is 0.333. The highest BCUT2D eigenvalue weighted by Crippen LogP contribution is 1.89. The van der Waals surface area contributed by atoms with Gasteiger partial charge in [-0.1, -0.05) is 0 Å². The SMILES string of the molecule is O=C1C=NNC1NNC1NN=CC1=O. The summed E-state index contributed by atoms with van der Waals surface area (Å²) in [6, 6.07) is 0. The van der Waals surface area contributed by atoms with E-state index in [0.717, 1.165) is 0 Å². The lowest BCUT2D eigenvalue weighted by atomic mass is 10.3. The van der Waals surface area contributed by atoms with Gasteiger partial charge >= 0.3 is 0 Å². The molecule has 0 spiro atoms. The second kappa shape index (κ2) is 3.52. The van der Waals surface area contributed by atoms with Crippen molar-refractivity contribution in [3.05, 3.63) is 0 Å². The Bertz CT molecular complexity index is 292. The Labute approximate surface area is 78.8 Å². The summed E-state index contributed by atoms with van der Waals surface area (Å²) in [5.74, 6) is -0.410. The van der Waals surface area contributed by atoms with Gasteiger partial charge in [-0.25, -0.2) is 10.9 Å². The van der Waals surface area contributed by atoms with E-state index in [0.29, 0.717) is 0 Å². The van der Waals surface area contributed by atoms with E-state index in [2.05, 4.69) is 31.9 Å². The number of ketones is 2. The van der Waals surface area contributed by atoms with Crippen molar-refractivity contribution >= 4 is 24.0 Å². The molecule has 2 rings (SSSR count). The van der Waals surface area contributed by atoms with Crippen LogP contribution in [0.25, 0.3) is 0 Å². The fourth-order valence-corrected chi connectivity index (χ4v) is 1.00. The number of nitrogens with one attached hydrogen (secondary N) is 4. The molecule has 2 aliphatic heterocycles. The van der Waals surface area contributed by atoms with Crippen LogP contribution in [0.1, 0.15) is 0 Å². The summed E-state index contributed by atoms with van der Waals surface area (Å²) in [6.07, 6.45) is 1.06. The number of carbonyl (C=O) groups excluding carboxylic acids is 2. The van der Waals surface area contributed by atoms with Crippen molar-refractivity contribution in [2.24, 2.45) is 10.2 Å². The minimum absolute atomic E-state index is 0.205. The Morgan fingerprint density at radius 1 is 1.00 bits per heavy atom. The zero-order chi connectivity index (χ0) is 9.97. The monoisotopic (exact) mass is 196 g/mol. The second-order valence-electron chi connectivity index (χ2n) is 2.73. The maximum Gasteiger partial charge on any atom is 0.215 e. The van der Waals surface area contributed by atoms with Crippen molar-refractivity contribution in [3.63, 3.8) is 0 Å². The van der Waals surface area contributed by atoms with Crippen molar-refractivity contribution in [2.75, 3.05) is 0 Å². The van der Waals surface area contributed by atoms with Crippen molar-refractivity contribution < 1.29 is 9.59 Å². The molecule has 8 heteroatoms. The number of carbonyl (C=O) groups is 2. The standard InChI is InChI=1S/C6H8N6O2/c13-3-1-7-9-5(3)11-12-6-4(14)2-8-10-6/h1-2,5-6,9-12H. The molecule has 2 atom stereocenters. The van der Waals surface area contributed by atoms with Crippen LogP contribution in [0.2, 0.25) is 0 Å². The first-order valence-electron chi connectivity index (χ1n) is 3.93. The third kappa shape index (κ3) is 1.60. The quantitative estimate of drug-likeness (QED) is 0.359. The summed E-state index contributed by atoms with van der Waals surface area (Å²) >= 11 is 0. The molecule has 2 unspecified atom stereocenters. The second-order valence-corrected chi connectivity index (χ2v) is 2.73. The lowest BCUT2D eigenvalue weighted by Crippen LogP contribution is -2.57. The van der Waals surface area contributed by atoms with Crippen molar-refractivity contribution in [3.8, 4) is 0 Å². The number of hydrogen-bond donors (Lipinski definition) is 4. The molecular weight excluding hydrogens is 188 g/mol. The van der Waals surface area contributed by atoms with Crippen molar-refractivity contribution in [2.45, 2.75) is 12.3 Å². The molecule has 14 heavy (non-hydrogen) atoms. The van der Waals surface area contributed by atoms with Crippen LogP contribution in [0.3, 0.4) is 0 Å². The highest BCUT2D eigenvalue weighted by Gasteiger charge is 2.24. The smallest absolute Gasteiger partial charge is 0.215 e. The van der Waals surface area contributed by atoms with Crippen LogP contribution >= 0.6 is 0 Å². The largest absolute Gasteiger partial charge is 0.289 e. The Morgan fingerprint density at radius 3 is 1.71 bits per heavy atom. The van der Waals surface area contributed by atoms with E-state index < -0.39 is 12.3 Å². The first-order chi connectivity index (χ1) is 6.77. The third-order valence-corrected chi connectivity index (χ3v) is 1.73. The molecule has 74 valence electrons. The number of hydrazine groups is 1. The molecule has 0 saturated carbocycles. The van der Waals surface area contributed by atoms with E-state index in [-0.39, 0.29) is 11.6 Å². The number of hydrogen-bond acceptors (Lipinski definition) is 8. The van der Waals surface area contributed by atoms with Gasteiger partial charge < -0.3 is 0 Å². The summed E-state index contributed by atoms with van der Waals surface area (Å²) in [7, 11) is 0. The van der Waals surface area contributed by atoms with Crippen LogP contribution < -0.4 is 21.7 Å². The van der Waals surface area contributed by atoms with Gasteiger partial charge in [0, 0.05) is 0 Å². The van der Waals surface area contributed by atoms with Gasteiger partial charge in [0.1, 0.15) is 0 Å². The maximum atomic E-state index is 11.0. The zero-order valence-corrected chi connectivity index (χ0v) is 7.02. The maximum absolute atomic E-state index is 11.0. The van der Waals surface area contributed by atoms with Crippen LogP contribution in [0, 0.1) is 0 Å². The van der Waals surface area contributed by atoms with Crippen LogP contribution in [0.15, 0.2) is 10.2 Å². The molecule has 0 aromatic heterocycles. The van der Waals surface area contributed by atoms with E-state index >= 15 is 0 Å². The Hall–Kier alpha value is -1.80. The summed E-state index contributed by atoms with van der Waals surface area (Å²) in [5.41, 5.74) is 10.2. The normalized spacial score (nSPS) is 29.4. The Balaban J connectivity index is 1.78. The average molecular weight is 196 g/mol. The molecule has 4 N–H and O–H groups in total. The van der Waals surface area contributed by atoms with Gasteiger partial charge in [0.15, 0.2) is 12.3 Å². The summed E-state index contributed by atoms with van der Waals surface area (Å²) in [4.78, 5) is 22.0. The molecule has 0 radical (unpaired) electrons. The molecule has 2 heterocycles. The number of rotatable bonds is 3. The summed E-state index contributed by atoms with van der Waals surface area (Å²) in [5, 5.41) is 7.09. The third-order valence-electron chi connectivity index (χ3n) is 1.73. The zero-order valence-electron chi connectivity index (χ0n) is 7.02. The molecule has 0 saturated heterocycles. The molecule has 0 aromatic rings. The minimum Gasteiger partial charge on any atom is -0.289 e. The van der Waals surface area contributed by atoms with Gasteiger partial charge in [0.2, 0.25) is 11.6 Å². The fourth-order valence-electron chi connectivity index (χ4n) is 1.00. The number of nitrogens with zero attached hydrogens (tertiary/aromatic N) is 2. The van der Waals surface area contributed by atoms with Gasteiger partial charge in [-0.2, -0.15) is 10.2 Å². The van der Waals surface area contributed by atoms with E-state index in [9.17, 15) is 9.59 Å². The predicted molar refractivity (Wildman–Crippen MR) is 47.1 cm³/mol. The first-order valence-corrected chi connectivity index (χ1v) is 3.93. The van der Waals surface area contributed by atoms with E-state index in [1.807, 2.05) is 0 Å². The minimum atomic E-state index is -0.634. The molecule has 0 fully saturated rings. The van der Waals surface area contributed by atoms with E-state index in [1.165, 1.54) is 12.4 Å². The molecule has 2 aliphatic rings. The van der Waals surface area contributed by atoms with Crippen LogP contribution in [0.4, 0.5) is 0 Å². The average Bonchev–Trinajstić information content (AvgIpc) is 2.72. The Morgan fingerprint density at radius 2 is 1.43 bits per heavy atom. The molecule has 8 nitrogen and oxygen atoms in total. The molecule has 0 amide bonds.